The Bertz CT molecular complexity index is 695. The van der Waals surface area contributed by atoms with E-state index in [2.05, 4.69) is 44.6 Å². The summed E-state index contributed by atoms with van der Waals surface area (Å²) in [5.74, 6) is 2.12. The van der Waals surface area contributed by atoms with E-state index in [1.54, 1.807) is 0 Å². The van der Waals surface area contributed by atoms with Gasteiger partial charge in [0.1, 0.15) is 0 Å². The molecule has 3 heterocycles. The second-order valence-corrected chi connectivity index (χ2v) is 7.35. The molecule has 0 saturated carbocycles. The fourth-order valence-electron chi connectivity index (χ4n) is 3.82. The first-order valence-electron chi connectivity index (χ1n) is 9.79. The van der Waals surface area contributed by atoms with Crippen LogP contribution in [-0.4, -0.2) is 54.4 Å². The van der Waals surface area contributed by atoms with E-state index >= 15 is 0 Å². The lowest BCUT2D eigenvalue weighted by Crippen LogP contribution is -2.35. The molecule has 148 valence electrons. The molecule has 0 spiro atoms. The summed E-state index contributed by atoms with van der Waals surface area (Å²) in [7, 11) is 0. The van der Waals surface area contributed by atoms with E-state index in [0.29, 0.717) is 11.7 Å². The number of morpholine rings is 1. The Morgan fingerprint density at radius 3 is 2.93 bits per heavy atom. The minimum Gasteiger partial charge on any atom is -0.379 e. The number of nitrogens with zero attached hydrogens (tertiary/aromatic N) is 3. The highest BCUT2D eigenvalue weighted by Crippen LogP contribution is 2.22. The minimum absolute atomic E-state index is 0. The summed E-state index contributed by atoms with van der Waals surface area (Å²) in [6.07, 6.45) is 4.55. The Morgan fingerprint density at radius 2 is 2.04 bits per heavy atom. The maximum atomic E-state index is 5.54. The minimum atomic E-state index is 0. The van der Waals surface area contributed by atoms with Crippen LogP contribution < -0.4 is 5.32 Å². The summed E-state index contributed by atoms with van der Waals surface area (Å²) in [5.41, 5.74) is 2.32. The van der Waals surface area contributed by atoms with Crippen LogP contribution in [0.2, 0.25) is 0 Å². The number of halogens is 1. The molecule has 0 radical (unpaired) electrons. The van der Waals surface area contributed by atoms with Crippen molar-refractivity contribution in [1.29, 1.82) is 0 Å². The Balaban J connectivity index is 0.00000210. The molecule has 4 rings (SSSR count). The zero-order valence-electron chi connectivity index (χ0n) is 15.7. The maximum Gasteiger partial charge on any atom is 0.227 e. The molecule has 1 N–H and O–H groups in total. The standard InChI is InChI=1S/C20H28N4O2.ClH/c1-3-17(15-24-9-11-25-12-10-24)13-18(5-1)20-22-19(26-23-20)14-16-4-2-7-21-8-6-16;/h1,3,5,13,16,21H,2,4,6-12,14-15H2;1H. The molecule has 0 aliphatic carbocycles. The van der Waals surface area contributed by atoms with Gasteiger partial charge in [0.2, 0.25) is 11.7 Å². The van der Waals surface area contributed by atoms with Crippen molar-refractivity contribution in [1.82, 2.24) is 20.4 Å². The van der Waals surface area contributed by atoms with Crippen molar-refractivity contribution in [3.8, 4) is 11.4 Å². The van der Waals surface area contributed by atoms with Crippen molar-refractivity contribution in [2.24, 2.45) is 5.92 Å². The lowest BCUT2D eigenvalue weighted by Gasteiger charge is -2.26. The number of aromatic nitrogens is 2. The van der Waals surface area contributed by atoms with Crippen LogP contribution >= 0.6 is 12.4 Å². The first-order valence-corrected chi connectivity index (χ1v) is 9.79. The van der Waals surface area contributed by atoms with Crippen molar-refractivity contribution in [3.05, 3.63) is 35.7 Å². The van der Waals surface area contributed by atoms with E-state index in [9.17, 15) is 0 Å². The number of rotatable bonds is 5. The molecule has 1 unspecified atom stereocenters. The Kier molecular flexibility index (Phi) is 7.64. The predicted molar refractivity (Wildman–Crippen MR) is 107 cm³/mol. The van der Waals surface area contributed by atoms with Crippen LogP contribution in [0.1, 0.15) is 30.7 Å². The van der Waals surface area contributed by atoms with Crippen LogP contribution in [0.15, 0.2) is 28.8 Å². The molecule has 27 heavy (non-hydrogen) atoms. The number of benzene rings is 1. The molecule has 7 heteroatoms. The molecule has 2 saturated heterocycles. The molecule has 6 nitrogen and oxygen atoms in total. The second-order valence-electron chi connectivity index (χ2n) is 7.35. The van der Waals surface area contributed by atoms with Gasteiger partial charge in [-0.05, 0) is 49.9 Å². The first-order chi connectivity index (χ1) is 12.9. The second kappa shape index (κ2) is 10.2. The third-order valence-electron chi connectivity index (χ3n) is 5.32. The fourth-order valence-corrected chi connectivity index (χ4v) is 3.82. The van der Waals surface area contributed by atoms with Gasteiger partial charge in [-0.3, -0.25) is 4.90 Å². The molecular formula is C20H29ClN4O2. The van der Waals surface area contributed by atoms with Crippen LogP contribution in [0, 0.1) is 5.92 Å². The summed E-state index contributed by atoms with van der Waals surface area (Å²) in [4.78, 5) is 7.08. The topological polar surface area (TPSA) is 63.4 Å². The van der Waals surface area contributed by atoms with E-state index in [0.717, 1.165) is 63.8 Å². The van der Waals surface area contributed by atoms with E-state index in [-0.39, 0.29) is 12.4 Å². The van der Waals surface area contributed by atoms with Gasteiger partial charge in [-0.2, -0.15) is 4.98 Å². The van der Waals surface area contributed by atoms with Gasteiger partial charge in [-0.25, -0.2) is 0 Å². The highest BCUT2D eigenvalue weighted by Gasteiger charge is 2.17. The van der Waals surface area contributed by atoms with Gasteiger partial charge in [-0.1, -0.05) is 23.4 Å². The summed E-state index contributed by atoms with van der Waals surface area (Å²) in [5, 5.41) is 7.68. The van der Waals surface area contributed by atoms with Crippen LogP contribution in [-0.2, 0) is 17.7 Å². The number of nitrogens with one attached hydrogen (secondary N) is 1. The molecule has 2 aromatic rings. The summed E-state index contributed by atoms with van der Waals surface area (Å²) in [6, 6.07) is 8.49. The van der Waals surface area contributed by atoms with Crippen molar-refractivity contribution in [3.63, 3.8) is 0 Å². The molecule has 1 aromatic heterocycles. The average molecular weight is 393 g/mol. The van der Waals surface area contributed by atoms with Gasteiger partial charge in [0.05, 0.1) is 13.2 Å². The zero-order chi connectivity index (χ0) is 17.6. The van der Waals surface area contributed by atoms with E-state index in [1.807, 2.05) is 0 Å². The molecule has 1 aromatic carbocycles. The van der Waals surface area contributed by atoms with Gasteiger partial charge in [0.15, 0.2) is 0 Å². The normalized spacial score (nSPS) is 21.4. The van der Waals surface area contributed by atoms with Crippen LogP contribution in [0.3, 0.4) is 0 Å². The molecule has 0 bridgehead atoms. The smallest absolute Gasteiger partial charge is 0.227 e. The fraction of sp³-hybridized carbons (Fsp3) is 0.600. The molecule has 0 amide bonds. The van der Waals surface area contributed by atoms with Gasteiger partial charge in [0, 0.05) is 31.6 Å². The van der Waals surface area contributed by atoms with Gasteiger partial charge in [-0.15, -0.1) is 12.4 Å². The lowest BCUT2D eigenvalue weighted by atomic mass is 9.97. The van der Waals surface area contributed by atoms with Crippen molar-refractivity contribution in [2.75, 3.05) is 39.4 Å². The van der Waals surface area contributed by atoms with Gasteiger partial charge < -0.3 is 14.6 Å². The highest BCUT2D eigenvalue weighted by molar-refractivity contribution is 5.85. The van der Waals surface area contributed by atoms with Crippen molar-refractivity contribution in [2.45, 2.75) is 32.2 Å². The molecule has 1 atom stereocenters. The van der Waals surface area contributed by atoms with E-state index in [1.165, 1.54) is 24.8 Å². The van der Waals surface area contributed by atoms with Gasteiger partial charge in [0.25, 0.3) is 0 Å². The highest BCUT2D eigenvalue weighted by atomic mass is 35.5. The van der Waals surface area contributed by atoms with Crippen molar-refractivity contribution >= 4 is 12.4 Å². The van der Waals surface area contributed by atoms with Crippen LogP contribution in [0.5, 0.6) is 0 Å². The Morgan fingerprint density at radius 1 is 1.15 bits per heavy atom. The summed E-state index contributed by atoms with van der Waals surface area (Å²) < 4.78 is 11.0. The van der Waals surface area contributed by atoms with Crippen LogP contribution in [0.4, 0.5) is 0 Å². The SMILES string of the molecule is Cl.c1cc(CN2CCOCC2)cc(-c2noc(CC3CCCNCC3)n2)c1. The Labute approximate surface area is 167 Å². The van der Waals surface area contributed by atoms with E-state index < -0.39 is 0 Å². The first kappa shape index (κ1) is 20.3. The molecular weight excluding hydrogens is 364 g/mol. The molecule has 2 fully saturated rings. The number of hydrogen-bond donors (Lipinski definition) is 1. The molecule has 2 aliphatic rings. The van der Waals surface area contributed by atoms with Crippen molar-refractivity contribution < 1.29 is 9.26 Å². The van der Waals surface area contributed by atoms with Crippen LogP contribution in [0.25, 0.3) is 11.4 Å². The zero-order valence-corrected chi connectivity index (χ0v) is 16.5. The molecule has 2 aliphatic heterocycles. The lowest BCUT2D eigenvalue weighted by molar-refractivity contribution is 0.0342. The van der Waals surface area contributed by atoms with Gasteiger partial charge >= 0.3 is 0 Å². The maximum absolute atomic E-state index is 5.54. The third kappa shape index (κ3) is 5.75. The monoisotopic (exact) mass is 392 g/mol. The number of ether oxygens (including phenoxy) is 1. The third-order valence-corrected chi connectivity index (χ3v) is 5.32. The van der Waals surface area contributed by atoms with E-state index in [4.69, 9.17) is 9.26 Å². The summed E-state index contributed by atoms with van der Waals surface area (Å²) >= 11 is 0. The predicted octanol–water partition coefficient (Wildman–Crippen LogP) is 2.92. The Hall–Kier alpha value is -1.47. The largest absolute Gasteiger partial charge is 0.379 e. The quantitative estimate of drug-likeness (QED) is 0.844. The summed E-state index contributed by atoms with van der Waals surface area (Å²) in [6.45, 7) is 6.79. The number of hydrogen-bond acceptors (Lipinski definition) is 6. The average Bonchev–Trinajstić information content (AvgIpc) is 2.98.